The Bertz CT molecular complexity index is 262. The zero-order valence-electron chi connectivity index (χ0n) is 10.7. The first-order valence-corrected chi connectivity index (χ1v) is 7.33. The van der Waals surface area contributed by atoms with Gasteiger partial charge in [-0.25, -0.2) is 0 Å². The predicted octanol–water partition coefficient (Wildman–Crippen LogP) is 3.47. The third kappa shape index (κ3) is 1.72. The summed E-state index contributed by atoms with van der Waals surface area (Å²) in [5, 5.41) is 10.4. The van der Waals surface area contributed by atoms with Crippen molar-refractivity contribution in [2.45, 2.75) is 58.5 Å². The van der Waals surface area contributed by atoms with E-state index in [9.17, 15) is 5.11 Å². The maximum atomic E-state index is 10.4. The Labute approximate surface area is 99.6 Å². The highest BCUT2D eigenvalue weighted by molar-refractivity contribution is 4.97. The summed E-state index contributed by atoms with van der Waals surface area (Å²) in [5.74, 6) is 4.88. The molecule has 2 bridgehead atoms. The first-order chi connectivity index (χ1) is 7.65. The van der Waals surface area contributed by atoms with Gasteiger partial charge in [0.1, 0.15) is 0 Å². The van der Waals surface area contributed by atoms with E-state index in [1.165, 1.54) is 38.5 Å². The lowest BCUT2D eigenvalue weighted by atomic mass is 9.66. The molecule has 92 valence electrons. The van der Waals surface area contributed by atoms with Crippen LogP contribution < -0.4 is 0 Å². The summed E-state index contributed by atoms with van der Waals surface area (Å²) in [7, 11) is 0. The van der Waals surface area contributed by atoms with Crippen molar-refractivity contribution in [3.8, 4) is 0 Å². The Morgan fingerprint density at radius 2 is 1.69 bits per heavy atom. The molecule has 0 saturated heterocycles. The fraction of sp³-hybridized carbons (Fsp3) is 1.00. The van der Waals surface area contributed by atoms with Crippen molar-refractivity contribution in [2.24, 2.45) is 35.5 Å². The van der Waals surface area contributed by atoms with Gasteiger partial charge in [-0.05, 0) is 67.6 Å². The van der Waals surface area contributed by atoms with Gasteiger partial charge >= 0.3 is 0 Å². The lowest BCUT2D eigenvalue weighted by Gasteiger charge is -2.42. The first kappa shape index (κ1) is 11.1. The summed E-state index contributed by atoms with van der Waals surface area (Å²) in [4.78, 5) is 0. The average Bonchev–Trinajstić information content (AvgIpc) is 2.84. The molecular weight excluding hydrogens is 196 g/mol. The average molecular weight is 222 g/mol. The highest BCUT2D eigenvalue weighted by Crippen LogP contribution is 2.54. The summed E-state index contributed by atoms with van der Waals surface area (Å²) >= 11 is 0. The van der Waals surface area contributed by atoms with Crippen molar-refractivity contribution in [2.75, 3.05) is 0 Å². The zero-order chi connectivity index (χ0) is 11.3. The number of fused-ring (bicyclic) bond motifs is 2. The molecule has 1 nitrogen and oxygen atoms in total. The van der Waals surface area contributed by atoms with Crippen molar-refractivity contribution in [3.63, 3.8) is 0 Å². The van der Waals surface area contributed by atoms with Crippen LogP contribution in [0.5, 0.6) is 0 Å². The molecule has 0 aliphatic heterocycles. The highest BCUT2D eigenvalue weighted by atomic mass is 16.3. The van der Waals surface area contributed by atoms with E-state index >= 15 is 0 Å². The molecule has 3 aliphatic carbocycles. The molecule has 1 heteroatoms. The number of rotatable bonds is 1. The van der Waals surface area contributed by atoms with Crippen molar-refractivity contribution < 1.29 is 5.11 Å². The Morgan fingerprint density at radius 3 is 2.31 bits per heavy atom. The molecule has 3 saturated carbocycles. The summed E-state index contributed by atoms with van der Waals surface area (Å²) in [6.45, 7) is 4.63. The molecular formula is C15H26O. The van der Waals surface area contributed by atoms with Gasteiger partial charge in [-0.3, -0.25) is 0 Å². The highest BCUT2D eigenvalue weighted by Gasteiger charge is 2.47. The molecule has 0 radical (unpaired) electrons. The van der Waals surface area contributed by atoms with Crippen LogP contribution in [0.4, 0.5) is 0 Å². The van der Waals surface area contributed by atoms with E-state index in [1.807, 2.05) is 0 Å². The maximum Gasteiger partial charge on any atom is 0.0596 e. The van der Waals surface area contributed by atoms with Crippen LogP contribution in [0.25, 0.3) is 0 Å². The van der Waals surface area contributed by atoms with Gasteiger partial charge in [-0.2, -0.15) is 0 Å². The topological polar surface area (TPSA) is 20.2 Å². The van der Waals surface area contributed by atoms with Crippen LogP contribution in [-0.4, -0.2) is 11.2 Å². The van der Waals surface area contributed by atoms with Crippen LogP contribution in [0.1, 0.15) is 52.4 Å². The van der Waals surface area contributed by atoms with Crippen LogP contribution in [-0.2, 0) is 0 Å². The summed E-state index contributed by atoms with van der Waals surface area (Å²) in [5.41, 5.74) is 0. The minimum absolute atomic E-state index is 0.000509. The standard InChI is InChI=1S/C15H26O/c1-9-5-10(2)15(16)14(6-9)13-8-11-3-4-12(13)7-11/h9-16H,3-8H2,1-2H3/t9-,10+,11+,12+,13+,14-,15-/m0/s1. The van der Waals surface area contributed by atoms with Gasteiger partial charge in [-0.1, -0.05) is 20.3 Å². The number of hydrogen-bond donors (Lipinski definition) is 1. The van der Waals surface area contributed by atoms with Crippen molar-refractivity contribution in [1.29, 1.82) is 0 Å². The van der Waals surface area contributed by atoms with Crippen LogP contribution in [0.2, 0.25) is 0 Å². The molecule has 0 aromatic rings. The van der Waals surface area contributed by atoms with Crippen LogP contribution in [0.3, 0.4) is 0 Å². The Kier molecular flexibility index (Phi) is 2.78. The van der Waals surface area contributed by atoms with E-state index < -0.39 is 0 Å². The summed E-state index contributed by atoms with van der Waals surface area (Å²) in [6, 6.07) is 0. The van der Waals surface area contributed by atoms with E-state index in [-0.39, 0.29) is 6.10 Å². The Morgan fingerprint density at radius 1 is 0.875 bits per heavy atom. The van der Waals surface area contributed by atoms with Crippen molar-refractivity contribution >= 4 is 0 Å². The SMILES string of the molecule is C[C@@H]1C[C@@H]([C@@H]2C[C@@H]3CC[C@@H]2C3)[C@@H](O)[C@H](C)C1. The molecule has 7 atom stereocenters. The largest absolute Gasteiger partial charge is 0.393 e. The summed E-state index contributed by atoms with van der Waals surface area (Å²) < 4.78 is 0. The smallest absolute Gasteiger partial charge is 0.0596 e. The second-order valence-electron chi connectivity index (χ2n) is 7.05. The Balaban J connectivity index is 1.73. The quantitative estimate of drug-likeness (QED) is 0.720. The second kappa shape index (κ2) is 4.01. The normalized spacial score (nSPS) is 56.8. The molecule has 0 amide bonds. The van der Waals surface area contributed by atoms with Gasteiger partial charge in [0.15, 0.2) is 0 Å². The Hall–Kier alpha value is -0.0400. The minimum atomic E-state index is 0.000509. The number of aliphatic hydroxyl groups excluding tert-OH is 1. The molecule has 3 aliphatic rings. The van der Waals surface area contributed by atoms with Crippen LogP contribution in [0.15, 0.2) is 0 Å². The van der Waals surface area contributed by atoms with Gasteiger partial charge in [0.25, 0.3) is 0 Å². The molecule has 16 heavy (non-hydrogen) atoms. The van der Waals surface area contributed by atoms with E-state index in [0.717, 1.165) is 23.7 Å². The van der Waals surface area contributed by atoms with Gasteiger partial charge in [0, 0.05) is 0 Å². The predicted molar refractivity (Wildman–Crippen MR) is 66.0 cm³/mol. The van der Waals surface area contributed by atoms with Gasteiger partial charge in [0.2, 0.25) is 0 Å². The molecule has 3 rings (SSSR count). The molecule has 1 N–H and O–H groups in total. The number of aliphatic hydroxyl groups is 1. The maximum absolute atomic E-state index is 10.4. The van der Waals surface area contributed by atoms with Crippen LogP contribution in [0, 0.1) is 35.5 Å². The molecule has 3 fully saturated rings. The van der Waals surface area contributed by atoms with Gasteiger partial charge in [-0.15, -0.1) is 0 Å². The molecule has 0 aromatic heterocycles. The van der Waals surface area contributed by atoms with Crippen molar-refractivity contribution in [1.82, 2.24) is 0 Å². The van der Waals surface area contributed by atoms with Gasteiger partial charge in [0.05, 0.1) is 6.10 Å². The second-order valence-corrected chi connectivity index (χ2v) is 7.05. The molecule has 0 aromatic carbocycles. The van der Waals surface area contributed by atoms with E-state index in [1.54, 1.807) is 0 Å². The monoisotopic (exact) mass is 222 g/mol. The lowest BCUT2D eigenvalue weighted by Crippen LogP contribution is -2.40. The summed E-state index contributed by atoms with van der Waals surface area (Å²) in [6.07, 6.45) is 8.39. The fourth-order valence-corrected chi connectivity index (χ4v) is 5.14. The zero-order valence-corrected chi connectivity index (χ0v) is 10.7. The van der Waals surface area contributed by atoms with E-state index in [0.29, 0.717) is 11.8 Å². The van der Waals surface area contributed by atoms with Crippen molar-refractivity contribution in [3.05, 3.63) is 0 Å². The number of hydrogen-bond acceptors (Lipinski definition) is 1. The molecule has 0 heterocycles. The fourth-order valence-electron chi connectivity index (χ4n) is 5.14. The van der Waals surface area contributed by atoms with Gasteiger partial charge < -0.3 is 5.11 Å². The third-order valence-corrected chi connectivity index (χ3v) is 5.81. The molecule has 0 unspecified atom stereocenters. The molecule has 0 spiro atoms. The minimum Gasteiger partial charge on any atom is -0.393 e. The lowest BCUT2D eigenvalue weighted by molar-refractivity contribution is -0.0312. The third-order valence-electron chi connectivity index (χ3n) is 5.81. The van der Waals surface area contributed by atoms with E-state index in [4.69, 9.17) is 0 Å². The van der Waals surface area contributed by atoms with E-state index in [2.05, 4.69) is 13.8 Å². The van der Waals surface area contributed by atoms with Crippen LogP contribution >= 0.6 is 0 Å². The first-order valence-electron chi connectivity index (χ1n) is 7.33.